The van der Waals surface area contributed by atoms with Crippen LogP contribution in [-0.4, -0.2) is 46.2 Å². The largest absolute Gasteiger partial charge is 0.461 e. The van der Waals surface area contributed by atoms with Gasteiger partial charge in [-0.2, -0.15) is 0 Å². The summed E-state index contributed by atoms with van der Waals surface area (Å²) in [7, 11) is 0. The summed E-state index contributed by atoms with van der Waals surface area (Å²) in [6.45, 7) is 2.63. The Labute approximate surface area is 154 Å². The summed E-state index contributed by atoms with van der Waals surface area (Å²) in [6.07, 6.45) is 0.932. The van der Waals surface area contributed by atoms with E-state index >= 15 is 0 Å². The number of ether oxygens (including phenoxy) is 1. The Morgan fingerprint density at radius 2 is 2.04 bits per heavy atom. The van der Waals surface area contributed by atoms with Crippen molar-refractivity contribution in [1.82, 2.24) is 10.3 Å². The number of benzene rings is 1. The molecule has 8 heteroatoms. The van der Waals surface area contributed by atoms with Crippen molar-refractivity contribution in [3.8, 4) is 0 Å². The highest BCUT2D eigenvalue weighted by Gasteiger charge is 2.21. The SMILES string of the molecule is CCOC(=O)c1[nH]c2ccccc2c1NC(=O)NCCC1SCCS1. The number of urea groups is 1. The molecule has 25 heavy (non-hydrogen) atoms. The molecule has 6 nitrogen and oxygen atoms in total. The van der Waals surface area contributed by atoms with E-state index in [1.54, 1.807) is 6.92 Å². The summed E-state index contributed by atoms with van der Waals surface area (Å²) in [4.78, 5) is 27.5. The van der Waals surface area contributed by atoms with Crippen molar-refractivity contribution in [1.29, 1.82) is 0 Å². The van der Waals surface area contributed by atoms with Crippen molar-refractivity contribution >= 4 is 52.1 Å². The van der Waals surface area contributed by atoms with Gasteiger partial charge in [-0.3, -0.25) is 0 Å². The highest BCUT2D eigenvalue weighted by atomic mass is 32.2. The number of aromatic amines is 1. The maximum absolute atomic E-state index is 12.3. The summed E-state index contributed by atoms with van der Waals surface area (Å²) >= 11 is 3.88. The fraction of sp³-hybridized carbons (Fsp3) is 0.412. The van der Waals surface area contributed by atoms with Crippen molar-refractivity contribution in [2.24, 2.45) is 0 Å². The number of anilines is 1. The Hall–Kier alpha value is -1.80. The van der Waals surface area contributed by atoms with E-state index in [2.05, 4.69) is 15.6 Å². The molecule has 1 aromatic heterocycles. The Morgan fingerprint density at radius 1 is 1.28 bits per heavy atom. The third kappa shape index (κ3) is 4.43. The molecule has 0 saturated carbocycles. The topological polar surface area (TPSA) is 83.2 Å². The minimum Gasteiger partial charge on any atom is -0.461 e. The predicted octanol–water partition coefficient (Wildman–Crippen LogP) is 3.66. The molecule has 3 rings (SSSR count). The van der Waals surface area contributed by atoms with Crippen LogP contribution in [0.3, 0.4) is 0 Å². The minimum atomic E-state index is -0.479. The number of H-pyrrole nitrogens is 1. The van der Waals surface area contributed by atoms with Crippen LogP contribution in [-0.2, 0) is 4.74 Å². The van der Waals surface area contributed by atoms with Crippen molar-refractivity contribution in [2.45, 2.75) is 17.9 Å². The van der Waals surface area contributed by atoms with Gasteiger partial charge in [0.15, 0.2) is 0 Å². The molecule has 1 saturated heterocycles. The van der Waals surface area contributed by atoms with E-state index in [0.717, 1.165) is 17.3 Å². The maximum atomic E-state index is 12.3. The number of esters is 1. The second-order valence-corrected chi connectivity index (χ2v) is 8.40. The van der Waals surface area contributed by atoms with Crippen LogP contribution in [0.5, 0.6) is 0 Å². The smallest absolute Gasteiger partial charge is 0.356 e. The minimum absolute atomic E-state index is 0.264. The number of hydrogen-bond acceptors (Lipinski definition) is 5. The number of hydrogen-bond donors (Lipinski definition) is 3. The van der Waals surface area contributed by atoms with Gasteiger partial charge in [0.1, 0.15) is 5.69 Å². The zero-order valence-corrected chi connectivity index (χ0v) is 15.6. The summed E-state index contributed by atoms with van der Waals surface area (Å²) in [5.41, 5.74) is 1.50. The van der Waals surface area contributed by atoms with Gasteiger partial charge in [-0.25, -0.2) is 9.59 Å². The van der Waals surface area contributed by atoms with Crippen LogP contribution in [0, 0.1) is 0 Å². The molecule has 2 amide bonds. The number of nitrogens with one attached hydrogen (secondary N) is 3. The molecule has 0 bridgehead atoms. The molecule has 0 radical (unpaired) electrons. The molecule has 0 atom stereocenters. The average Bonchev–Trinajstić information content (AvgIpc) is 3.23. The third-order valence-corrected chi connectivity index (χ3v) is 6.95. The summed E-state index contributed by atoms with van der Waals surface area (Å²) < 4.78 is 5.64. The van der Waals surface area contributed by atoms with E-state index < -0.39 is 5.97 Å². The Bertz CT molecular complexity index is 757. The molecule has 1 aromatic carbocycles. The highest BCUT2D eigenvalue weighted by molar-refractivity contribution is 8.20. The molecule has 1 aliphatic heterocycles. The van der Waals surface area contributed by atoms with Crippen molar-refractivity contribution in [3.63, 3.8) is 0 Å². The first-order chi connectivity index (χ1) is 12.2. The van der Waals surface area contributed by atoms with Crippen LogP contribution in [0.2, 0.25) is 0 Å². The molecule has 3 N–H and O–H groups in total. The van der Waals surface area contributed by atoms with Crippen LogP contribution >= 0.6 is 23.5 Å². The van der Waals surface area contributed by atoms with Gasteiger partial charge in [-0.1, -0.05) is 18.2 Å². The molecule has 2 aromatic rings. The Balaban J connectivity index is 1.69. The number of aromatic nitrogens is 1. The van der Waals surface area contributed by atoms with Gasteiger partial charge in [0, 0.05) is 29.0 Å². The van der Waals surface area contributed by atoms with Crippen molar-refractivity contribution in [2.75, 3.05) is 30.0 Å². The quantitative estimate of drug-likeness (QED) is 0.667. The van der Waals surface area contributed by atoms with Crippen LogP contribution in [0.15, 0.2) is 24.3 Å². The van der Waals surface area contributed by atoms with E-state index in [1.807, 2.05) is 47.8 Å². The maximum Gasteiger partial charge on any atom is 0.356 e. The first-order valence-corrected chi connectivity index (χ1v) is 10.3. The predicted molar refractivity (Wildman–Crippen MR) is 105 cm³/mol. The fourth-order valence-electron chi connectivity index (χ4n) is 2.66. The lowest BCUT2D eigenvalue weighted by Crippen LogP contribution is -2.31. The number of thioether (sulfide) groups is 2. The lowest BCUT2D eigenvalue weighted by Gasteiger charge is -2.11. The zero-order valence-electron chi connectivity index (χ0n) is 14.0. The average molecular weight is 380 g/mol. The zero-order chi connectivity index (χ0) is 17.6. The van der Waals surface area contributed by atoms with Gasteiger partial charge < -0.3 is 20.4 Å². The van der Waals surface area contributed by atoms with Crippen molar-refractivity contribution < 1.29 is 14.3 Å². The van der Waals surface area contributed by atoms with E-state index in [1.165, 1.54) is 11.5 Å². The lowest BCUT2D eigenvalue weighted by atomic mass is 10.2. The van der Waals surface area contributed by atoms with E-state index in [9.17, 15) is 9.59 Å². The number of rotatable bonds is 6. The normalized spacial score (nSPS) is 14.6. The first-order valence-electron chi connectivity index (χ1n) is 8.25. The molecular formula is C17H21N3O3S2. The van der Waals surface area contributed by atoms with Crippen LogP contribution in [0.25, 0.3) is 10.9 Å². The molecule has 0 aliphatic carbocycles. The second kappa shape index (κ2) is 8.53. The third-order valence-electron chi connectivity index (χ3n) is 3.78. The molecule has 2 heterocycles. The molecule has 1 aliphatic rings. The van der Waals surface area contributed by atoms with Crippen molar-refractivity contribution in [3.05, 3.63) is 30.0 Å². The molecule has 1 fully saturated rings. The van der Waals surface area contributed by atoms with Crippen LogP contribution in [0.1, 0.15) is 23.8 Å². The standard InChI is InChI=1S/C17H21N3O3S2/c1-2-23-16(21)15-14(11-5-3-4-6-12(11)19-15)20-17(22)18-8-7-13-24-9-10-25-13/h3-6,13,19H,2,7-10H2,1H3,(H2,18,20,22). The van der Waals surface area contributed by atoms with Crippen LogP contribution < -0.4 is 10.6 Å². The van der Waals surface area contributed by atoms with Crippen LogP contribution in [0.4, 0.5) is 10.5 Å². The van der Waals surface area contributed by atoms with Gasteiger partial charge in [0.25, 0.3) is 0 Å². The van der Waals surface area contributed by atoms with Gasteiger partial charge in [0.05, 0.1) is 16.9 Å². The highest BCUT2D eigenvalue weighted by Crippen LogP contribution is 2.33. The number of carbonyl (C=O) groups excluding carboxylic acids is 2. The Kier molecular flexibility index (Phi) is 6.14. The summed E-state index contributed by atoms with van der Waals surface area (Å²) in [6, 6.07) is 7.13. The molecule has 0 unspecified atom stereocenters. The number of amides is 2. The molecule has 0 spiro atoms. The number of carbonyl (C=O) groups is 2. The van der Waals surface area contributed by atoms with E-state index in [0.29, 0.717) is 16.8 Å². The van der Waals surface area contributed by atoms with Gasteiger partial charge >= 0.3 is 12.0 Å². The van der Waals surface area contributed by atoms with E-state index in [4.69, 9.17) is 4.74 Å². The summed E-state index contributed by atoms with van der Waals surface area (Å²) in [5, 5.41) is 6.45. The Morgan fingerprint density at radius 3 is 2.80 bits per heavy atom. The second-order valence-electron chi connectivity index (χ2n) is 5.48. The van der Waals surface area contributed by atoms with E-state index in [-0.39, 0.29) is 18.3 Å². The number of fused-ring (bicyclic) bond motifs is 1. The van der Waals surface area contributed by atoms with Gasteiger partial charge in [-0.15, -0.1) is 23.5 Å². The summed E-state index contributed by atoms with van der Waals surface area (Å²) in [5.74, 6) is 1.88. The molecule has 134 valence electrons. The van der Waals surface area contributed by atoms with Gasteiger partial charge in [-0.05, 0) is 19.4 Å². The molecular weight excluding hydrogens is 358 g/mol. The first kappa shape index (κ1) is 18.0. The lowest BCUT2D eigenvalue weighted by molar-refractivity contribution is 0.0522. The van der Waals surface area contributed by atoms with Gasteiger partial charge in [0.2, 0.25) is 0 Å². The monoisotopic (exact) mass is 379 g/mol. The fourth-order valence-corrected chi connectivity index (χ4v) is 5.49. The number of para-hydroxylation sites is 1.